The molecular formula is C32H35FN4O4. The SMILES string of the molecule is CC(=O)Nc1ccccc1.CC(=O)Nc1ccccc1.CC(=O)Nc1ccccc1.O=C(CF)Nc1ccccc1. The molecule has 0 atom stereocenters. The van der Waals surface area contributed by atoms with Crippen molar-refractivity contribution in [2.24, 2.45) is 0 Å². The second-order valence-electron chi connectivity index (χ2n) is 8.19. The van der Waals surface area contributed by atoms with Gasteiger partial charge in [-0.2, -0.15) is 0 Å². The van der Waals surface area contributed by atoms with Gasteiger partial charge in [0.05, 0.1) is 0 Å². The van der Waals surface area contributed by atoms with Crippen LogP contribution in [0.5, 0.6) is 0 Å². The highest BCUT2D eigenvalue weighted by molar-refractivity contribution is 5.91. The number of anilines is 4. The van der Waals surface area contributed by atoms with Crippen LogP contribution in [0.25, 0.3) is 0 Å². The molecule has 0 fully saturated rings. The Hall–Kier alpha value is -5.31. The van der Waals surface area contributed by atoms with Crippen LogP contribution in [0.15, 0.2) is 121 Å². The minimum atomic E-state index is -0.977. The number of alkyl halides is 1. The summed E-state index contributed by atoms with van der Waals surface area (Å²) in [4.78, 5) is 42.0. The van der Waals surface area contributed by atoms with E-state index in [4.69, 9.17) is 0 Å². The maximum atomic E-state index is 11.7. The molecule has 0 radical (unpaired) electrons. The van der Waals surface area contributed by atoms with Gasteiger partial charge in [0, 0.05) is 43.5 Å². The number of halogens is 1. The largest absolute Gasteiger partial charge is 0.326 e. The summed E-state index contributed by atoms with van der Waals surface area (Å²) < 4.78 is 11.7. The Kier molecular flexibility index (Phi) is 17.0. The number of para-hydroxylation sites is 4. The van der Waals surface area contributed by atoms with E-state index in [0.29, 0.717) is 5.69 Å². The molecule has 4 aromatic rings. The normalized spacial score (nSPS) is 8.98. The van der Waals surface area contributed by atoms with Gasteiger partial charge in [0.15, 0.2) is 6.67 Å². The molecule has 4 rings (SSSR count). The molecule has 9 heteroatoms. The first-order valence-corrected chi connectivity index (χ1v) is 12.6. The van der Waals surface area contributed by atoms with Gasteiger partial charge in [0.1, 0.15) is 0 Å². The number of amides is 4. The summed E-state index contributed by atoms with van der Waals surface area (Å²) in [6, 6.07) is 36.9. The zero-order chi connectivity index (χ0) is 30.3. The summed E-state index contributed by atoms with van der Waals surface area (Å²) in [6.07, 6.45) is 0. The Morgan fingerprint density at radius 3 is 0.854 bits per heavy atom. The van der Waals surface area contributed by atoms with Crippen molar-refractivity contribution in [2.75, 3.05) is 27.9 Å². The molecule has 0 aliphatic rings. The summed E-state index contributed by atoms with van der Waals surface area (Å²) in [5.74, 6) is -0.722. The zero-order valence-corrected chi connectivity index (χ0v) is 23.3. The lowest BCUT2D eigenvalue weighted by molar-refractivity contribution is -0.117. The summed E-state index contributed by atoms with van der Waals surface area (Å²) in [5.41, 5.74) is 3.15. The summed E-state index contributed by atoms with van der Waals surface area (Å²) in [5, 5.41) is 10.4. The van der Waals surface area contributed by atoms with Crippen molar-refractivity contribution in [2.45, 2.75) is 20.8 Å². The third-order valence-corrected chi connectivity index (χ3v) is 4.46. The third-order valence-electron chi connectivity index (χ3n) is 4.46. The van der Waals surface area contributed by atoms with E-state index in [1.54, 1.807) is 24.3 Å². The molecule has 8 nitrogen and oxygen atoms in total. The zero-order valence-electron chi connectivity index (χ0n) is 23.3. The Balaban J connectivity index is 0.000000274. The van der Waals surface area contributed by atoms with E-state index in [0.717, 1.165) is 17.1 Å². The van der Waals surface area contributed by atoms with Crippen molar-refractivity contribution >= 4 is 46.4 Å². The minimum Gasteiger partial charge on any atom is -0.326 e. The lowest BCUT2D eigenvalue weighted by atomic mass is 10.3. The third kappa shape index (κ3) is 18.6. The maximum Gasteiger partial charge on any atom is 0.255 e. The van der Waals surface area contributed by atoms with Gasteiger partial charge in [-0.05, 0) is 48.5 Å². The van der Waals surface area contributed by atoms with E-state index < -0.39 is 12.6 Å². The van der Waals surface area contributed by atoms with Crippen LogP contribution in [0.1, 0.15) is 20.8 Å². The van der Waals surface area contributed by atoms with Crippen molar-refractivity contribution in [3.63, 3.8) is 0 Å². The highest BCUT2D eigenvalue weighted by Crippen LogP contribution is 2.06. The van der Waals surface area contributed by atoms with E-state index in [-0.39, 0.29) is 17.7 Å². The molecule has 0 heterocycles. The van der Waals surface area contributed by atoms with Gasteiger partial charge < -0.3 is 21.3 Å². The van der Waals surface area contributed by atoms with E-state index in [1.807, 2.05) is 97.1 Å². The van der Waals surface area contributed by atoms with Crippen LogP contribution in [-0.2, 0) is 19.2 Å². The number of hydrogen-bond donors (Lipinski definition) is 4. The van der Waals surface area contributed by atoms with Crippen LogP contribution in [0.4, 0.5) is 27.1 Å². The van der Waals surface area contributed by atoms with Crippen LogP contribution >= 0.6 is 0 Å². The highest BCUT2D eigenvalue weighted by Gasteiger charge is 1.98. The Bertz CT molecular complexity index is 1180. The number of benzene rings is 4. The van der Waals surface area contributed by atoms with Crippen molar-refractivity contribution in [3.8, 4) is 0 Å². The summed E-state index contributed by atoms with van der Waals surface area (Å²) in [7, 11) is 0. The molecule has 41 heavy (non-hydrogen) atoms. The van der Waals surface area contributed by atoms with Gasteiger partial charge in [-0.3, -0.25) is 19.2 Å². The van der Waals surface area contributed by atoms with Gasteiger partial charge in [0.2, 0.25) is 17.7 Å². The molecule has 0 spiro atoms. The van der Waals surface area contributed by atoms with Gasteiger partial charge in [-0.25, -0.2) is 4.39 Å². The molecule has 214 valence electrons. The van der Waals surface area contributed by atoms with E-state index in [1.165, 1.54) is 20.8 Å². The molecule has 0 unspecified atom stereocenters. The molecule has 0 saturated heterocycles. The number of rotatable bonds is 5. The Morgan fingerprint density at radius 2 is 0.659 bits per heavy atom. The quantitative estimate of drug-likeness (QED) is 0.223. The fraction of sp³-hybridized carbons (Fsp3) is 0.125. The monoisotopic (exact) mass is 558 g/mol. The van der Waals surface area contributed by atoms with Gasteiger partial charge in [0.25, 0.3) is 5.91 Å². The topological polar surface area (TPSA) is 116 Å². The molecule has 4 aromatic carbocycles. The van der Waals surface area contributed by atoms with Gasteiger partial charge in [-0.15, -0.1) is 0 Å². The van der Waals surface area contributed by atoms with Crippen molar-refractivity contribution in [1.82, 2.24) is 0 Å². The van der Waals surface area contributed by atoms with E-state index in [2.05, 4.69) is 21.3 Å². The molecule has 0 aliphatic carbocycles. The van der Waals surface area contributed by atoms with Gasteiger partial charge >= 0.3 is 0 Å². The fourth-order valence-corrected chi connectivity index (χ4v) is 2.89. The van der Waals surface area contributed by atoms with Gasteiger partial charge in [-0.1, -0.05) is 72.8 Å². The molecule has 0 bridgehead atoms. The Labute approximate surface area is 240 Å². The number of carbonyl (C=O) groups excluding carboxylic acids is 4. The maximum absolute atomic E-state index is 11.7. The molecular weight excluding hydrogens is 523 g/mol. The minimum absolute atomic E-state index is 0.0359. The number of carbonyl (C=O) groups is 4. The number of nitrogens with one attached hydrogen (secondary N) is 4. The first-order chi connectivity index (χ1) is 19.7. The van der Waals surface area contributed by atoms with Crippen molar-refractivity contribution in [3.05, 3.63) is 121 Å². The van der Waals surface area contributed by atoms with E-state index in [9.17, 15) is 23.6 Å². The first-order valence-electron chi connectivity index (χ1n) is 12.6. The predicted molar refractivity (Wildman–Crippen MR) is 163 cm³/mol. The van der Waals surface area contributed by atoms with Crippen LogP contribution in [0, 0.1) is 0 Å². The molecule has 0 saturated carbocycles. The molecule has 0 aliphatic heterocycles. The standard InChI is InChI=1S/C8H8FNO.3C8H9NO/c9-6-8(11)10-7-4-2-1-3-5-7;3*1-7(10)9-8-5-3-2-4-6-8/h1-5H,6H2,(H,10,11);3*2-6H,1H3,(H,9,10). The lowest BCUT2D eigenvalue weighted by Crippen LogP contribution is -2.12. The predicted octanol–water partition coefficient (Wildman–Crippen LogP) is 6.53. The van der Waals surface area contributed by atoms with Crippen molar-refractivity contribution in [1.29, 1.82) is 0 Å². The summed E-state index contributed by atoms with van der Waals surface area (Å²) in [6.45, 7) is 3.50. The van der Waals surface area contributed by atoms with E-state index >= 15 is 0 Å². The van der Waals surface area contributed by atoms with Crippen LogP contribution in [-0.4, -0.2) is 30.3 Å². The second-order valence-corrected chi connectivity index (χ2v) is 8.19. The average molecular weight is 559 g/mol. The smallest absolute Gasteiger partial charge is 0.255 e. The Morgan fingerprint density at radius 1 is 0.439 bits per heavy atom. The van der Waals surface area contributed by atoms with Crippen LogP contribution < -0.4 is 21.3 Å². The van der Waals surface area contributed by atoms with Crippen LogP contribution in [0.3, 0.4) is 0 Å². The average Bonchev–Trinajstić information content (AvgIpc) is 2.95. The highest BCUT2D eigenvalue weighted by atomic mass is 19.1. The van der Waals surface area contributed by atoms with Crippen LogP contribution in [0.2, 0.25) is 0 Å². The first kappa shape index (κ1) is 33.7. The second kappa shape index (κ2) is 20.6. The lowest BCUT2D eigenvalue weighted by Gasteiger charge is -1.99. The molecule has 0 aromatic heterocycles. The molecule has 4 N–H and O–H groups in total. The fourth-order valence-electron chi connectivity index (χ4n) is 2.89. The van der Waals surface area contributed by atoms with Crippen molar-refractivity contribution < 1.29 is 23.6 Å². The number of hydrogen-bond acceptors (Lipinski definition) is 4. The summed E-state index contributed by atoms with van der Waals surface area (Å²) >= 11 is 0. The molecule has 4 amide bonds.